The number of nitrogens with one attached hydrogen (secondary N) is 1. The van der Waals surface area contributed by atoms with Crippen LogP contribution in [-0.2, 0) is 9.53 Å². The molecule has 1 amide bonds. The van der Waals surface area contributed by atoms with Crippen LogP contribution in [0.4, 0.5) is 11.5 Å². The first kappa shape index (κ1) is 15.1. The van der Waals surface area contributed by atoms with Gasteiger partial charge in [0.05, 0.1) is 17.9 Å². The second-order valence-electron chi connectivity index (χ2n) is 4.72. The molecule has 3 N–H and O–H groups in total. The van der Waals surface area contributed by atoms with Gasteiger partial charge in [0, 0.05) is 19.3 Å². The minimum atomic E-state index is -0.479. The van der Waals surface area contributed by atoms with E-state index in [1.807, 2.05) is 11.8 Å². The van der Waals surface area contributed by atoms with Gasteiger partial charge in [-0.2, -0.15) is 0 Å². The summed E-state index contributed by atoms with van der Waals surface area (Å²) in [6, 6.07) is 1.20. The number of aromatic nitrogens is 1. The Hall–Kier alpha value is -2.31. The average Bonchev–Trinajstić information content (AvgIpc) is 2.47. The second-order valence-corrected chi connectivity index (χ2v) is 4.72. The van der Waals surface area contributed by atoms with Crippen molar-refractivity contribution in [2.75, 3.05) is 30.3 Å². The van der Waals surface area contributed by atoms with Crippen molar-refractivity contribution in [2.45, 2.75) is 26.3 Å². The van der Waals surface area contributed by atoms with Gasteiger partial charge < -0.3 is 20.7 Å². The third-order valence-electron chi connectivity index (χ3n) is 3.45. The molecule has 2 rings (SSSR count). The smallest absolute Gasteiger partial charge is 0.340 e. The molecule has 1 aromatic heterocycles. The zero-order valence-electron chi connectivity index (χ0n) is 12.3. The number of piperazine rings is 1. The molecule has 21 heavy (non-hydrogen) atoms. The van der Waals surface area contributed by atoms with Crippen molar-refractivity contribution in [1.29, 1.82) is 0 Å². The van der Waals surface area contributed by atoms with Crippen LogP contribution in [0.2, 0.25) is 0 Å². The number of nitrogens with zero attached hydrogens (tertiary/aromatic N) is 2. The molecule has 1 atom stereocenters. The molecule has 0 aliphatic carbocycles. The first-order valence-corrected chi connectivity index (χ1v) is 7.06. The topological polar surface area (TPSA) is 97.5 Å². The second kappa shape index (κ2) is 6.43. The Bertz CT molecular complexity index is 547. The number of amides is 1. The molecule has 1 unspecified atom stereocenters. The molecular formula is C14H20N4O3. The average molecular weight is 292 g/mol. The molecule has 1 aliphatic rings. The molecule has 0 radical (unpaired) electrons. The monoisotopic (exact) mass is 292 g/mol. The molecule has 7 heteroatoms. The highest BCUT2D eigenvalue weighted by molar-refractivity contribution is 5.98. The van der Waals surface area contributed by atoms with Crippen molar-refractivity contribution in [3.8, 4) is 0 Å². The van der Waals surface area contributed by atoms with E-state index >= 15 is 0 Å². The van der Waals surface area contributed by atoms with Crippen LogP contribution in [-0.4, -0.2) is 42.6 Å². The summed E-state index contributed by atoms with van der Waals surface area (Å²) < 4.78 is 4.98. The van der Waals surface area contributed by atoms with E-state index in [0.29, 0.717) is 25.3 Å². The number of hydrogen-bond donors (Lipinski definition) is 2. The Balaban J connectivity index is 2.37. The summed E-state index contributed by atoms with van der Waals surface area (Å²) in [4.78, 5) is 29.9. The van der Waals surface area contributed by atoms with Crippen molar-refractivity contribution in [1.82, 2.24) is 10.3 Å². The summed E-state index contributed by atoms with van der Waals surface area (Å²) >= 11 is 0. The summed E-state index contributed by atoms with van der Waals surface area (Å²) in [6.07, 6.45) is 2.15. The number of nitrogens with two attached hydrogens (primary N) is 1. The van der Waals surface area contributed by atoms with Crippen LogP contribution in [0, 0.1) is 0 Å². The van der Waals surface area contributed by atoms with Crippen LogP contribution in [0.25, 0.3) is 0 Å². The Morgan fingerprint density at radius 3 is 3.00 bits per heavy atom. The van der Waals surface area contributed by atoms with Crippen LogP contribution in [0.3, 0.4) is 0 Å². The highest BCUT2D eigenvalue weighted by Crippen LogP contribution is 2.27. The minimum Gasteiger partial charge on any atom is -0.462 e. The fourth-order valence-electron chi connectivity index (χ4n) is 2.45. The van der Waals surface area contributed by atoms with Crippen LogP contribution >= 0.6 is 0 Å². The molecule has 114 valence electrons. The third kappa shape index (κ3) is 2.91. The molecule has 2 heterocycles. The van der Waals surface area contributed by atoms with Gasteiger partial charge in [0.25, 0.3) is 0 Å². The predicted molar refractivity (Wildman–Crippen MR) is 79.0 cm³/mol. The lowest BCUT2D eigenvalue weighted by Gasteiger charge is -2.36. The normalized spacial score (nSPS) is 18.3. The Kier molecular flexibility index (Phi) is 4.62. The number of anilines is 2. The Morgan fingerprint density at radius 1 is 1.57 bits per heavy atom. The number of nitrogen functional groups attached to an aromatic ring is 1. The number of pyridine rings is 1. The van der Waals surface area contributed by atoms with Crippen LogP contribution in [0.5, 0.6) is 0 Å². The number of carbonyl (C=O) groups excluding carboxylic acids is 2. The number of hydrogen-bond acceptors (Lipinski definition) is 6. The van der Waals surface area contributed by atoms with E-state index in [9.17, 15) is 9.59 Å². The van der Waals surface area contributed by atoms with Gasteiger partial charge in [-0.1, -0.05) is 6.92 Å². The first-order chi connectivity index (χ1) is 10.1. The predicted octanol–water partition coefficient (Wildman–Crippen LogP) is 0.555. The molecule has 0 aromatic carbocycles. The van der Waals surface area contributed by atoms with E-state index in [1.54, 1.807) is 6.92 Å². The van der Waals surface area contributed by atoms with Gasteiger partial charge in [-0.05, 0) is 19.4 Å². The molecule has 0 spiro atoms. The Morgan fingerprint density at radius 2 is 2.33 bits per heavy atom. The summed E-state index contributed by atoms with van der Waals surface area (Å²) in [5.41, 5.74) is 6.61. The quantitative estimate of drug-likeness (QED) is 0.787. The van der Waals surface area contributed by atoms with Gasteiger partial charge in [0.15, 0.2) is 5.82 Å². The zero-order chi connectivity index (χ0) is 15.4. The van der Waals surface area contributed by atoms with E-state index in [1.165, 1.54) is 12.3 Å². The Labute approximate surface area is 123 Å². The van der Waals surface area contributed by atoms with Gasteiger partial charge >= 0.3 is 5.97 Å². The van der Waals surface area contributed by atoms with E-state index in [0.717, 1.165) is 0 Å². The van der Waals surface area contributed by atoms with Crippen LogP contribution in [0.15, 0.2) is 12.3 Å². The maximum atomic E-state index is 11.9. The van der Waals surface area contributed by atoms with Crippen molar-refractivity contribution in [2.24, 2.45) is 0 Å². The summed E-state index contributed by atoms with van der Waals surface area (Å²) in [6.45, 7) is 5.07. The van der Waals surface area contributed by atoms with Crippen LogP contribution < -0.4 is 16.0 Å². The molecule has 1 fully saturated rings. The summed E-state index contributed by atoms with van der Waals surface area (Å²) in [5, 5.41) is 2.82. The molecule has 7 nitrogen and oxygen atoms in total. The lowest BCUT2D eigenvalue weighted by Crippen LogP contribution is -2.55. The fraction of sp³-hybridized carbons (Fsp3) is 0.500. The van der Waals surface area contributed by atoms with Gasteiger partial charge in [0.2, 0.25) is 5.91 Å². The van der Waals surface area contributed by atoms with Gasteiger partial charge in [-0.25, -0.2) is 9.78 Å². The maximum absolute atomic E-state index is 11.9. The summed E-state index contributed by atoms with van der Waals surface area (Å²) in [7, 11) is 0. The molecule has 1 aromatic rings. The minimum absolute atomic E-state index is 0.0495. The zero-order valence-corrected chi connectivity index (χ0v) is 12.3. The molecule has 0 saturated carbocycles. The van der Waals surface area contributed by atoms with Gasteiger partial charge in [-0.15, -0.1) is 0 Å². The lowest BCUT2D eigenvalue weighted by atomic mass is 10.1. The number of carbonyl (C=O) groups is 2. The SMILES string of the molecule is CCOC(=O)c1ccnc(N2CCNC(=O)C2CC)c1N. The van der Waals surface area contributed by atoms with Crippen molar-refractivity contribution in [3.05, 3.63) is 17.8 Å². The number of ether oxygens (including phenoxy) is 1. The molecule has 1 saturated heterocycles. The molecule has 0 bridgehead atoms. The highest BCUT2D eigenvalue weighted by atomic mass is 16.5. The third-order valence-corrected chi connectivity index (χ3v) is 3.45. The fourth-order valence-corrected chi connectivity index (χ4v) is 2.45. The molecule has 1 aliphatic heterocycles. The lowest BCUT2D eigenvalue weighted by molar-refractivity contribution is -0.123. The van der Waals surface area contributed by atoms with Crippen molar-refractivity contribution >= 4 is 23.4 Å². The van der Waals surface area contributed by atoms with E-state index in [4.69, 9.17) is 10.5 Å². The first-order valence-electron chi connectivity index (χ1n) is 7.06. The van der Waals surface area contributed by atoms with E-state index in [-0.39, 0.29) is 29.8 Å². The van der Waals surface area contributed by atoms with E-state index < -0.39 is 5.97 Å². The number of rotatable bonds is 4. The van der Waals surface area contributed by atoms with Crippen molar-refractivity contribution < 1.29 is 14.3 Å². The highest BCUT2D eigenvalue weighted by Gasteiger charge is 2.31. The van der Waals surface area contributed by atoms with Crippen LogP contribution in [0.1, 0.15) is 30.6 Å². The maximum Gasteiger partial charge on any atom is 0.340 e. The van der Waals surface area contributed by atoms with Gasteiger partial charge in [0.1, 0.15) is 6.04 Å². The standard InChI is InChI=1S/C14H20N4O3/c1-3-10-13(19)17-7-8-18(10)12-11(15)9(5-6-16-12)14(20)21-4-2/h5-6,10H,3-4,7-8,15H2,1-2H3,(H,17,19). The van der Waals surface area contributed by atoms with E-state index in [2.05, 4.69) is 10.3 Å². The summed E-state index contributed by atoms with van der Waals surface area (Å²) in [5.74, 6) is -0.0677. The largest absolute Gasteiger partial charge is 0.462 e. The van der Waals surface area contributed by atoms with Crippen molar-refractivity contribution in [3.63, 3.8) is 0 Å². The molecular weight excluding hydrogens is 272 g/mol. The van der Waals surface area contributed by atoms with Gasteiger partial charge in [-0.3, -0.25) is 4.79 Å². The number of esters is 1.